The normalized spacial score (nSPS) is 10.9. The van der Waals surface area contributed by atoms with E-state index in [0.717, 1.165) is 35.5 Å². The number of hydrogen-bond acceptors (Lipinski definition) is 4. The number of benzene rings is 2. The van der Waals surface area contributed by atoms with Crippen molar-refractivity contribution in [1.29, 1.82) is 0 Å². The lowest BCUT2D eigenvalue weighted by molar-refractivity contribution is 0.0953. The Kier molecular flexibility index (Phi) is 6.88. The van der Waals surface area contributed by atoms with Crippen LogP contribution in [0, 0.1) is 13.8 Å². The highest BCUT2D eigenvalue weighted by Gasteiger charge is 2.20. The molecule has 170 valence electrons. The van der Waals surface area contributed by atoms with Gasteiger partial charge in [-0.15, -0.1) is 0 Å². The van der Waals surface area contributed by atoms with Crippen LogP contribution in [0.1, 0.15) is 33.7 Å². The molecule has 0 radical (unpaired) electrons. The molecule has 0 atom stereocenters. The van der Waals surface area contributed by atoms with Gasteiger partial charge in [0.15, 0.2) is 0 Å². The molecule has 0 unspecified atom stereocenters. The highest BCUT2D eigenvalue weighted by molar-refractivity contribution is 6.00. The first-order valence-electron chi connectivity index (χ1n) is 11.1. The molecule has 1 amide bonds. The third kappa shape index (κ3) is 5.31. The van der Waals surface area contributed by atoms with Gasteiger partial charge in [-0.25, -0.2) is 0 Å². The van der Waals surface area contributed by atoms with E-state index >= 15 is 0 Å². The Morgan fingerprint density at radius 1 is 1.03 bits per heavy atom. The lowest BCUT2D eigenvalue weighted by atomic mass is 10.1. The minimum absolute atomic E-state index is 0.149. The molecule has 1 N–H and O–H groups in total. The molecule has 4 aromatic rings. The summed E-state index contributed by atoms with van der Waals surface area (Å²) in [6.07, 6.45) is 2.60. The van der Waals surface area contributed by atoms with Gasteiger partial charge in [0.1, 0.15) is 11.4 Å². The van der Waals surface area contributed by atoms with E-state index in [1.165, 1.54) is 0 Å². The molecule has 0 bridgehead atoms. The molecule has 0 aliphatic carbocycles. The van der Waals surface area contributed by atoms with Crippen LogP contribution in [0.5, 0.6) is 5.75 Å². The van der Waals surface area contributed by atoms with E-state index in [1.54, 1.807) is 7.11 Å². The lowest BCUT2D eigenvalue weighted by Crippen LogP contribution is -2.25. The van der Waals surface area contributed by atoms with Gasteiger partial charge in [0.25, 0.3) is 5.91 Å². The molecule has 0 aliphatic heterocycles. The largest absolute Gasteiger partial charge is 0.496 e. The molecule has 7 nitrogen and oxygen atoms in total. The van der Waals surface area contributed by atoms with Crippen molar-refractivity contribution in [1.82, 2.24) is 24.9 Å². The van der Waals surface area contributed by atoms with E-state index in [2.05, 4.69) is 16.5 Å². The number of amides is 1. The number of methoxy groups -OCH3 is 1. The van der Waals surface area contributed by atoms with Crippen LogP contribution >= 0.6 is 0 Å². The van der Waals surface area contributed by atoms with Gasteiger partial charge in [0, 0.05) is 30.5 Å². The number of hydrogen-bond donors (Lipinski definition) is 1. The number of nitrogens with one attached hydrogen (secondary N) is 1. The predicted molar refractivity (Wildman–Crippen MR) is 128 cm³/mol. The summed E-state index contributed by atoms with van der Waals surface area (Å²) >= 11 is 0. The van der Waals surface area contributed by atoms with Crippen LogP contribution in [0.25, 0.3) is 11.3 Å². The number of aromatic nitrogens is 4. The number of nitrogens with zero attached hydrogens (tertiary/aromatic N) is 4. The van der Waals surface area contributed by atoms with E-state index in [0.29, 0.717) is 30.1 Å². The fraction of sp³-hybridized carbons (Fsp3) is 0.269. The van der Waals surface area contributed by atoms with Crippen molar-refractivity contribution in [3.63, 3.8) is 0 Å². The van der Waals surface area contributed by atoms with Crippen LogP contribution in [0.4, 0.5) is 0 Å². The first-order chi connectivity index (χ1) is 16.0. The van der Waals surface area contributed by atoms with Crippen LogP contribution in [-0.4, -0.2) is 39.1 Å². The van der Waals surface area contributed by atoms with Crippen LogP contribution < -0.4 is 10.1 Å². The maximum atomic E-state index is 13.2. The Balaban J connectivity index is 1.53. The highest BCUT2D eigenvalue weighted by Crippen LogP contribution is 2.31. The van der Waals surface area contributed by atoms with Crippen molar-refractivity contribution in [3.05, 3.63) is 89.4 Å². The van der Waals surface area contributed by atoms with Gasteiger partial charge in [-0.3, -0.25) is 14.2 Å². The van der Waals surface area contributed by atoms with Crippen LogP contribution in [0.3, 0.4) is 0 Å². The quantitative estimate of drug-likeness (QED) is 0.393. The van der Waals surface area contributed by atoms with E-state index in [-0.39, 0.29) is 5.91 Å². The van der Waals surface area contributed by atoms with Crippen molar-refractivity contribution in [2.75, 3.05) is 13.7 Å². The van der Waals surface area contributed by atoms with E-state index in [1.807, 2.05) is 84.0 Å². The van der Waals surface area contributed by atoms with E-state index in [4.69, 9.17) is 9.84 Å². The summed E-state index contributed by atoms with van der Waals surface area (Å²) in [5.41, 5.74) is 5.17. The standard InChI is InChI=1S/C26H29N5O2/c1-19-16-20(2)31(28-19)15-9-14-27-26(32)23-18-30(17-21-10-5-4-6-11-21)29-25(23)22-12-7-8-13-24(22)33-3/h4-8,10-13,16,18H,9,14-15,17H2,1-3H3,(H,27,32). The predicted octanol–water partition coefficient (Wildman–Crippen LogP) is 4.24. The highest BCUT2D eigenvalue weighted by atomic mass is 16.5. The summed E-state index contributed by atoms with van der Waals surface area (Å²) in [4.78, 5) is 13.2. The summed E-state index contributed by atoms with van der Waals surface area (Å²) < 4.78 is 9.31. The van der Waals surface area contributed by atoms with Gasteiger partial charge in [0.2, 0.25) is 0 Å². The SMILES string of the molecule is COc1ccccc1-c1nn(Cc2ccccc2)cc1C(=O)NCCCn1nc(C)cc1C. The van der Waals surface area contributed by atoms with Crippen molar-refractivity contribution in [2.45, 2.75) is 33.4 Å². The van der Waals surface area contributed by atoms with Crippen LogP contribution in [0.2, 0.25) is 0 Å². The van der Waals surface area contributed by atoms with E-state index < -0.39 is 0 Å². The van der Waals surface area contributed by atoms with E-state index in [9.17, 15) is 4.79 Å². The fourth-order valence-electron chi connectivity index (χ4n) is 3.91. The molecule has 7 heteroatoms. The second kappa shape index (κ2) is 10.2. The zero-order valence-electron chi connectivity index (χ0n) is 19.3. The van der Waals surface area contributed by atoms with Gasteiger partial charge >= 0.3 is 0 Å². The first kappa shape index (κ1) is 22.3. The maximum absolute atomic E-state index is 13.2. The molecule has 2 aromatic carbocycles. The topological polar surface area (TPSA) is 74.0 Å². The first-order valence-corrected chi connectivity index (χ1v) is 11.1. The Morgan fingerprint density at radius 3 is 2.52 bits per heavy atom. The molecule has 0 aliphatic rings. The Morgan fingerprint density at radius 2 is 1.79 bits per heavy atom. The maximum Gasteiger partial charge on any atom is 0.255 e. The summed E-state index contributed by atoms with van der Waals surface area (Å²) in [5.74, 6) is 0.532. The fourth-order valence-corrected chi connectivity index (χ4v) is 3.91. The molecule has 33 heavy (non-hydrogen) atoms. The van der Waals surface area contributed by atoms with Gasteiger partial charge in [-0.1, -0.05) is 42.5 Å². The average molecular weight is 444 g/mol. The third-order valence-electron chi connectivity index (χ3n) is 5.49. The van der Waals surface area contributed by atoms with Crippen molar-refractivity contribution in [3.8, 4) is 17.0 Å². The second-order valence-electron chi connectivity index (χ2n) is 8.03. The number of carbonyl (C=O) groups excluding carboxylic acids is 1. The third-order valence-corrected chi connectivity index (χ3v) is 5.49. The molecule has 2 aromatic heterocycles. The average Bonchev–Trinajstić information content (AvgIpc) is 3.39. The number of para-hydroxylation sites is 1. The molecular formula is C26H29N5O2. The number of rotatable bonds is 9. The van der Waals surface area contributed by atoms with Gasteiger partial charge < -0.3 is 10.1 Å². The lowest BCUT2D eigenvalue weighted by Gasteiger charge is -2.09. The van der Waals surface area contributed by atoms with Crippen molar-refractivity contribution >= 4 is 5.91 Å². The summed E-state index contributed by atoms with van der Waals surface area (Å²) in [7, 11) is 1.62. The van der Waals surface area contributed by atoms with Crippen molar-refractivity contribution in [2.24, 2.45) is 0 Å². The Labute approximate surface area is 194 Å². The number of carbonyl (C=O) groups is 1. The van der Waals surface area contributed by atoms with Crippen LogP contribution in [-0.2, 0) is 13.1 Å². The van der Waals surface area contributed by atoms with Gasteiger partial charge in [-0.05, 0) is 44.0 Å². The molecular weight excluding hydrogens is 414 g/mol. The summed E-state index contributed by atoms with van der Waals surface area (Å²) in [6.45, 7) is 5.91. The number of ether oxygens (including phenoxy) is 1. The molecule has 4 rings (SSSR count). The smallest absolute Gasteiger partial charge is 0.255 e. The molecule has 0 fully saturated rings. The molecule has 0 saturated heterocycles. The van der Waals surface area contributed by atoms with Gasteiger partial charge in [-0.2, -0.15) is 10.2 Å². The minimum Gasteiger partial charge on any atom is -0.496 e. The minimum atomic E-state index is -0.149. The molecule has 0 saturated carbocycles. The summed E-state index contributed by atoms with van der Waals surface area (Å²) in [5, 5.41) is 12.3. The zero-order chi connectivity index (χ0) is 23.2. The van der Waals surface area contributed by atoms with Gasteiger partial charge in [0.05, 0.1) is 24.9 Å². The zero-order valence-corrected chi connectivity index (χ0v) is 19.3. The second-order valence-corrected chi connectivity index (χ2v) is 8.03. The molecule has 2 heterocycles. The molecule has 0 spiro atoms. The Hall–Kier alpha value is -3.87. The summed E-state index contributed by atoms with van der Waals surface area (Å²) in [6, 6.07) is 19.7. The van der Waals surface area contributed by atoms with Crippen molar-refractivity contribution < 1.29 is 9.53 Å². The van der Waals surface area contributed by atoms with Crippen LogP contribution in [0.15, 0.2) is 66.9 Å². The monoisotopic (exact) mass is 443 g/mol. The Bertz CT molecular complexity index is 1230. The number of aryl methyl sites for hydroxylation is 3.